The molecule has 3 rings (SSSR count). The van der Waals surface area contributed by atoms with Crippen molar-refractivity contribution in [1.29, 1.82) is 0 Å². The van der Waals surface area contributed by atoms with Gasteiger partial charge in [0.2, 0.25) is 5.60 Å². The summed E-state index contributed by atoms with van der Waals surface area (Å²) in [5.74, 6) is 0.0825. The first kappa shape index (κ1) is 14.1. The maximum atomic E-state index is 12.8. The highest BCUT2D eigenvalue weighted by Crippen LogP contribution is 2.29. The van der Waals surface area contributed by atoms with Crippen LogP contribution in [0.2, 0.25) is 0 Å². The number of hydrogen-bond donors (Lipinski definition) is 0. The van der Waals surface area contributed by atoms with E-state index in [0.717, 1.165) is 37.2 Å². The highest BCUT2D eigenvalue weighted by Gasteiger charge is 2.44. The lowest BCUT2D eigenvalue weighted by Crippen LogP contribution is -2.47. The molecule has 112 valence electrons. The van der Waals surface area contributed by atoms with Crippen molar-refractivity contribution in [3.63, 3.8) is 0 Å². The third kappa shape index (κ3) is 2.94. The smallest absolute Gasteiger partial charge is 0.269 e. The van der Waals surface area contributed by atoms with Gasteiger partial charge in [-0.15, -0.1) is 0 Å². The molecule has 0 N–H and O–H groups in total. The molecular weight excluding hydrogens is 264 g/mol. The van der Waals surface area contributed by atoms with Crippen LogP contribution in [-0.4, -0.2) is 35.2 Å². The van der Waals surface area contributed by atoms with Crippen molar-refractivity contribution in [2.45, 2.75) is 44.6 Å². The highest BCUT2D eigenvalue weighted by atomic mass is 16.7. The van der Waals surface area contributed by atoms with Gasteiger partial charge < -0.3 is 9.74 Å². The molecule has 0 bridgehead atoms. The van der Waals surface area contributed by atoms with Gasteiger partial charge >= 0.3 is 0 Å². The molecule has 1 aromatic rings. The van der Waals surface area contributed by atoms with E-state index in [2.05, 4.69) is 5.16 Å². The summed E-state index contributed by atoms with van der Waals surface area (Å²) in [6.45, 7) is 3.55. The lowest BCUT2D eigenvalue weighted by Gasteiger charge is -2.29. The first-order valence-electron chi connectivity index (χ1n) is 7.79. The minimum atomic E-state index is -0.838. The number of hydrogen-bond acceptors (Lipinski definition) is 3. The summed E-state index contributed by atoms with van der Waals surface area (Å²) in [6, 6.07) is 9.93. The van der Waals surface area contributed by atoms with E-state index in [0.29, 0.717) is 6.42 Å². The molecule has 21 heavy (non-hydrogen) atoms. The van der Waals surface area contributed by atoms with Gasteiger partial charge in [-0.05, 0) is 25.3 Å². The molecule has 1 amide bonds. The van der Waals surface area contributed by atoms with E-state index in [9.17, 15) is 4.79 Å². The molecule has 0 unspecified atom stereocenters. The van der Waals surface area contributed by atoms with Crippen LogP contribution < -0.4 is 0 Å². The van der Waals surface area contributed by atoms with Gasteiger partial charge in [-0.3, -0.25) is 4.79 Å². The van der Waals surface area contributed by atoms with Crippen LogP contribution in [0.3, 0.4) is 0 Å². The van der Waals surface area contributed by atoms with Crippen LogP contribution in [-0.2, 0) is 9.63 Å². The lowest BCUT2D eigenvalue weighted by atomic mass is 9.94. The Morgan fingerprint density at radius 2 is 1.81 bits per heavy atom. The predicted molar refractivity (Wildman–Crippen MR) is 82.1 cm³/mol. The predicted octanol–water partition coefficient (Wildman–Crippen LogP) is 2.97. The summed E-state index contributed by atoms with van der Waals surface area (Å²) in [6.07, 6.45) is 5.16. The second-order valence-electron chi connectivity index (χ2n) is 6.11. The second-order valence-corrected chi connectivity index (χ2v) is 6.11. The molecule has 1 atom stereocenters. The van der Waals surface area contributed by atoms with Crippen LogP contribution in [0.25, 0.3) is 0 Å². The standard InChI is InChI=1S/C17H22N2O2/c1-17(16(20)19-11-7-2-3-8-12-19)13-15(18-21-17)14-9-5-4-6-10-14/h4-6,9-10H,2-3,7-8,11-13H2,1H3/t17-/m0/s1. The van der Waals surface area contributed by atoms with Crippen LogP contribution in [0.1, 0.15) is 44.6 Å². The highest BCUT2D eigenvalue weighted by molar-refractivity contribution is 6.05. The van der Waals surface area contributed by atoms with E-state index in [4.69, 9.17) is 4.84 Å². The van der Waals surface area contributed by atoms with Gasteiger partial charge in [0.25, 0.3) is 5.91 Å². The summed E-state index contributed by atoms with van der Waals surface area (Å²) in [5.41, 5.74) is 1.06. The zero-order chi connectivity index (χ0) is 14.7. The Morgan fingerprint density at radius 1 is 1.14 bits per heavy atom. The molecule has 4 heteroatoms. The van der Waals surface area contributed by atoms with E-state index in [-0.39, 0.29) is 5.91 Å². The number of rotatable bonds is 2. The van der Waals surface area contributed by atoms with Crippen molar-refractivity contribution in [2.75, 3.05) is 13.1 Å². The fourth-order valence-corrected chi connectivity index (χ4v) is 3.05. The minimum absolute atomic E-state index is 0.0825. The van der Waals surface area contributed by atoms with Gasteiger partial charge in [0.1, 0.15) is 0 Å². The first-order valence-corrected chi connectivity index (χ1v) is 7.79. The zero-order valence-electron chi connectivity index (χ0n) is 12.5. The number of nitrogens with zero attached hydrogens (tertiary/aromatic N) is 2. The molecule has 0 radical (unpaired) electrons. The third-order valence-electron chi connectivity index (χ3n) is 4.31. The molecule has 1 aromatic carbocycles. The molecule has 2 aliphatic heterocycles. The summed E-state index contributed by atoms with van der Waals surface area (Å²) < 4.78 is 0. The quantitative estimate of drug-likeness (QED) is 0.838. The molecule has 1 fully saturated rings. The van der Waals surface area contributed by atoms with Crippen LogP contribution in [0, 0.1) is 0 Å². The Hall–Kier alpha value is -1.84. The van der Waals surface area contributed by atoms with Crippen molar-refractivity contribution < 1.29 is 9.63 Å². The number of oxime groups is 1. The number of benzene rings is 1. The average molecular weight is 286 g/mol. The van der Waals surface area contributed by atoms with Gasteiger partial charge in [0.05, 0.1) is 5.71 Å². The third-order valence-corrected chi connectivity index (χ3v) is 4.31. The van der Waals surface area contributed by atoms with Crippen LogP contribution in [0.4, 0.5) is 0 Å². The number of amides is 1. The van der Waals surface area contributed by atoms with Gasteiger partial charge in [0, 0.05) is 19.5 Å². The van der Waals surface area contributed by atoms with E-state index < -0.39 is 5.60 Å². The van der Waals surface area contributed by atoms with Crippen LogP contribution in [0.5, 0.6) is 0 Å². The maximum Gasteiger partial charge on any atom is 0.269 e. The normalized spacial score (nSPS) is 26.0. The summed E-state index contributed by atoms with van der Waals surface area (Å²) in [5, 5.41) is 4.17. The minimum Gasteiger partial charge on any atom is -0.379 e. The largest absolute Gasteiger partial charge is 0.379 e. The summed E-state index contributed by atoms with van der Waals surface area (Å²) in [7, 11) is 0. The maximum absolute atomic E-state index is 12.8. The van der Waals surface area contributed by atoms with Crippen molar-refractivity contribution >= 4 is 11.6 Å². The molecule has 0 aliphatic carbocycles. The molecule has 2 heterocycles. The molecular formula is C17H22N2O2. The Labute approximate surface area is 125 Å². The monoisotopic (exact) mass is 286 g/mol. The first-order chi connectivity index (χ1) is 10.2. The van der Waals surface area contributed by atoms with Crippen LogP contribution in [0.15, 0.2) is 35.5 Å². The van der Waals surface area contributed by atoms with Crippen molar-refractivity contribution in [3.05, 3.63) is 35.9 Å². The van der Waals surface area contributed by atoms with Crippen molar-refractivity contribution in [3.8, 4) is 0 Å². The van der Waals surface area contributed by atoms with Crippen molar-refractivity contribution in [2.24, 2.45) is 5.16 Å². The number of carbonyl (C=O) groups excluding carboxylic acids is 1. The Balaban J connectivity index is 1.70. The van der Waals surface area contributed by atoms with Gasteiger partial charge in [-0.2, -0.15) is 0 Å². The SMILES string of the molecule is C[C@@]1(C(=O)N2CCCCCC2)CC(c2ccccc2)=NO1. The Kier molecular flexibility index (Phi) is 3.95. The van der Waals surface area contributed by atoms with Gasteiger partial charge in [0.15, 0.2) is 0 Å². The molecule has 2 aliphatic rings. The number of carbonyl (C=O) groups is 1. The molecule has 1 saturated heterocycles. The fraction of sp³-hybridized carbons (Fsp3) is 0.529. The van der Waals surface area contributed by atoms with E-state index in [1.165, 1.54) is 12.8 Å². The zero-order valence-corrected chi connectivity index (χ0v) is 12.5. The topological polar surface area (TPSA) is 41.9 Å². The Morgan fingerprint density at radius 3 is 2.48 bits per heavy atom. The second kappa shape index (κ2) is 5.88. The number of likely N-dealkylation sites (tertiary alicyclic amines) is 1. The fourth-order valence-electron chi connectivity index (χ4n) is 3.05. The van der Waals surface area contributed by atoms with Gasteiger partial charge in [-0.25, -0.2) is 0 Å². The lowest BCUT2D eigenvalue weighted by molar-refractivity contribution is -0.153. The van der Waals surface area contributed by atoms with Crippen molar-refractivity contribution in [1.82, 2.24) is 4.90 Å². The molecule has 0 aromatic heterocycles. The molecule has 0 saturated carbocycles. The summed E-state index contributed by atoms with van der Waals surface area (Å²) >= 11 is 0. The Bertz CT molecular complexity index is 533. The summed E-state index contributed by atoms with van der Waals surface area (Å²) in [4.78, 5) is 20.3. The van der Waals surface area contributed by atoms with Gasteiger partial charge in [-0.1, -0.05) is 48.3 Å². The average Bonchev–Trinajstić information content (AvgIpc) is 2.75. The molecule has 4 nitrogen and oxygen atoms in total. The van der Waals surface area contributed by atoms with E-state index >= 15 is 0 Å². The van der Waals surface area contributed by atoms with Crippen LogP contribution >= 0.6 is 0 Å². The molecule has 0 spiro atoms. The van der Waals surface area contributed by atoms with E-state index in [1.807, 2.05) is 42.2 Å². The van der Waals surface area contributed by atoms with E-state index in [1.54, 1.807) is 0 Å².